The van der Waals surface area contributed by atoms with Crippen LogP contribution in [0.2, 0.25) is 0 Å². The van der Waals surface area contributed by atoms with Gasteiger partial charge in [0.2, 0.25) is 0 Å². The van der Waals surface area contributed by atoms with Crippen LogP contribution in [0.4, 0.5) is 0 Å². The fourth-order valence-electron chi connectivity index (χ4n) is 1.88. The molecule has 3 heteroatoms. The Morgan fingerprint density at radius 3 is 2.75 bits per heavy atom. The van der Waals surface area contributed by atoms with Crippen LogP contribution >= 0.6 is 0 Å². The summed E-state index contributed by atoms with van der Waals surface area (Å²) < 4.78 is 2.09. The predicted molar refractivity (Wildman–Crippen MR) is 68.6 cm³/mol. The largest absolute Gasteiger partial charge is 0.316 e. The Morgan fingerprint density at radius 1 is 1.38 bits per heavy atom. The molecule has 0 saturated heterocycles. The van der Waals surface area contributed by atoms with Crippen LogP contribution in [0.5, 0.6) is 0 Å². The Balaban J connectivity index is 2.32. The molecule has 0 fully saturated rings. The third kappa shape index (κ3) is 3.97. The van der Waals surface area contributed by atoms with E-state index >= 15 is 0 Å². The molecule has 1 aromatic heterocycles. The number of hydrogen-bond donors (Lipinski definition) is 1. The van der Waals surface area contributed by atoms with E-state index in [1.165, 1.54) is 12.1 Å². The fraction of sp³-hybridized carbons (Fsp3) is 0.769. The molecule has 0 aliphatic carbocycles. The van der Waals surface area contributed by atoms with Crippen molar-refractivity contribution in [2.24, 2.45) is 5.92 Å². The van der Waals surface area contributed by atoms with E-state index in [1.54, 1.807) is 0 Å². The van der Waals surface area contributed by atoms with Crippen molar-refractivity contribution in [1.82, 2.24) is 15.1 Å². The van der Waals surface area contributed by atoms with Crippen LogP contribution in [0.15, 0.2) is 12.3 Å². The van der Waals surface area contributed by atoms with Crippen molar-refractivity contribution in [2.45, 2.75) is 46.6 Å². The van der Waals surface area contributed by atoms with Gasteiger partial charge < -0.3 is 5.32 Å². The SMILES string of the molecule is CCn1nccc1C(C)CCNCC(C)C. The van der Waals surface area contributed by atoms with Crippen LogP contribution in [-0.4, -0.2) is 22.9 Å². The summed E-state index contributed by atoms with van der Waals surface area (Å²) in [6.07, 6.45) is 3.08. The molecule has 0 radical (unpaired) electrons. The van der Waals surface area contributed by atoms with Crippen LogP contribution in [0.3, 0.4) is 0 Å². The van der Waals surface area contributed by atoms with E-state index in [1.807, 2.05) is 6.20 Å². The molecular weight excluding hydrogens is 198 g/mol. The summed E-state index contributed by atoms with van der Waals surface area (Å²) in [7, 11) is 0. The van der Waals surface area contributed by atoms with Gasteiger partial charge in [0.1, 0.15) is 0 Å². The van der Waals surface area contributed by atoms with Gasteiger partial charge in [-0.3, -0.25) is 4.68 Å². The number of nitrogens with zero attached hydrogens (tertiary/aromatic N) is 2. The molecule has 1 heterocycles. The third-order valence-electron chi connectivity index (χ3n) is 2.86. The van der Waals surface area contributed by atoms with Crippen molar-refractivity contribution in [3.63, 3.8) is 0 Å². The molecule has 0 amide bonds. The molecule has 0 saturated carbocycles. The lowest BCUT2D eigenvalue weighted by Gasteiger charge is -2.14. The van der Waals surface area contributed by atoms with Gasteiger partial charge in [0.05, 0.1) is 0 Å². The van der Waals surface area contributed by atoms with Crippen molar-refractivity contribution < 1.29 is 0 Å². The van der Waals surface area contributed by atoms with Gasteiger partial charge in [-0.05, 0) is 44.3 Å². The minimum atomic E-state index is 0.585. The van der Waals surface area contributed by atoms with Crippen LogP contribution in [0.25, 0.3) is 0 Å². The molecular formula is C13H25N3. The van der Waals surface area contributed by atoms with Crippen LogP contribution in [0.1, 0.15) is 45.7 Å². The molecule has 0 aliphatic rings. The second-order valence-corrected chi connectivity index (χ2v) is 4.86. The van der Waals surface area contributed by atoms with Gasteiger partial charge in [-0.25, -0.2) is 0 Å². The topological polar surface area (TPSA) is 29.9 Å². The zero-order chi connectivity index (χ0) is 12.0. The van der Waals surface area contributed by atoms with Gasteiger partial charge in [-0.15, -0.1) is 0 Å². The summed E-state index contributed by atoms with van der Waals surface area (Å²) in [5, 5.41) is 7.79. The highest BCUT2D eigenvalue weighted by molar-refractivity contribution is 5.06. The lowest BCUT2D eigenvalue weighted by molar-refractivity contribution is 0.505. The van der Waals surface area contributed by atoms with E-state index in [9.17, 15) is 0 Å². The van der Waals surface area contributed by atoms with E-state index in [0.717, 1.165) is 25.6 Å². The van der Waals surface area contributed by atoms with E-state index in [2.05, 4.69) is 48.9 Å². The highest BCUT2D eigenvalue weighted by Gasteiger charge is 2.09. The Bertz CT molecular complexity index is 291. The third-order valence-corrected chi connectivity index (χ3v) is 2.86. The maximum Gasteiger partial charge on any atom is 0.0492 e. The molecule has 3 nitrogen and oxygen atoms in total. The summed E-state index contributed by atoms with van der Waals surface area (Å²) in [5.74, 6) is 1.32. The predicted octanol–water partition coefficient (Wildman–Crippen LogP) is 2.64. The van der Waals surface area contributed by atoms with Gasteiger partial charge >= 0.3 is 0 Å². The highest BCUT2D eigenvalue weighted by Crippen LogP contribution is 2.17. The summed E-state index contributed by atoms with van der Waals surface area (Å²) in [6.45, 7) is 12.1. The first kappa shape index (κ1) is 13.2. The number of nitrogens with one attached hydrogen (secondary N) is 1. The lowest BCUT2D eigenvalue weighted by Crippen LogP contribution is -2.22. The minimum Gasteiger partial charge on any atom is -0.316 e. The van der Waals surface area contributed by atoms with Gasteiger partial charge in [0, 0.05) is 18.4 Å². The normalized spacial score (nSPS) is 13.3. The maximum absolute atomic E-state index is 4.31. The van der Waals surface area contributed by atoms with E-state index < -0.39 is 0 Å². The average molecular weight is 223 g/mol. The van der Waals surface area contributed by atoms with Crippen molar-refractivity contribution in [2.75, 3.05) is 13.1 Å². The highest BCUT2D eigenvalue weighted by atomic mass is 15.3. The Hall–Kier alpha value is -0.830. The smallest absolute Gasteiger partial charge is 0.0492 e. The Kier molecular flexibility index (Phi) is 5.53. The number of aromatic nitrogens is 2. The molecule has 16 heavy (non-hydrogen) atoms. The fourth-order valence-corrected chi connectivity index (χ4v) is 1.88. The maximum atomic E-state index is 4.31. The monoisotopic (exact) mass is 223 g/mol. The van der Waals surface area contributed by atoms with Crippen molar-refractivity contribution in [3.8, 4) is 0 Å². The molecule has 1 atom stereocenters. The molecule has 0 aliphatic heterocycles. The Morgan fingerprint density at radius 2 is 2.12 bits per heavy atom. The first-order chi connectivity index (χ1) is 7.65. The van der Waals surface area contributed by atoms with Gasteiger partial charge in [-0.2, -0.15) is 5.10 Å². The molecule has 1 aromatic rings. The van der Waals surface area contributed by atoms with E-state index in [0.29, 0.717) is 5.92 Å². The molecule has 1 rings (SSSR count). The average Bonchev–Trinajstić information content (AvgIpc) is 2.71. The van der Waals surface area contributed by atoms with Crippen LogP contribution < -0.4 is 5.32 Å². The molecule has 92 valence electrons. The lowest BCUT2D eigenvalue weighted by atomic mass is 10.0. The second kappa shape index (κ2) is 6.69. The molecule has 0 spiro atoms. The van der Waals surface area contributed by atoms with Gasteiger partial charge in [0.15, 0.2) is 0 Å². The zero-order valence-corrected chi connectivity index (χ0v) is 11.0. The first-order valence-corrected chi connectivity index (χ1v) is 6.37. The van der Waals surface area contributed by atoms with Crippen molar-refractivity contribution >= 4 is 0 Å². The minimum absolute atomic E-state index is 0.585. The van der Waals surface area contributed by atoms with Crippen molar-refractivity contribution in [3.05, 3.63) is 18.0 Å². The van der Waals surface area contributed by atoms with E-state index in [4.69, 9.17) is 0 Å². The molecule has 1 N–H and O–H groups in total. The first-order valence-electron chi connectivity index (χ1n) is 6.37. The van der Waals surface area contributed by atoms with Crippen molar-refractivity contribution in [1.29, 1.82) is 0 Å². The number of hydrogen-bond acceptors (Lipinski definition) is 2. The van der Waals surface area contributed by atoms with Crippen LogP contribution in [0, 0.1) is 5.92 Å². The Labute approximate surface area is 99.2 Å². The van der Waals surface area contributed by atoms with E-state index in [-0.39, 0.29) is 0 Å². The van der Waals surface area contributed by atoms with Crippen LogP contribution in [-0.2, 0) is 6.54 Å². The van der Waals surface area contributed by atoms with Gasteiger partial charge in [-0.1, -0.05) is 20.8 Å². The summed E-state index contributed by atoms with van der Waals surface area (Å²) in [6, 6.07) is 2.14. The number of rotatable bonds is 7. The molecule has 1 unspecified atom stereocenters. The summed E-state index contributed by atoms with van der Waals surface area (Å²) in [5.41, 5.74) is 1.36. The second-order valence-electron chi connectivity index (χ2n) is 4.86. The summed E-state index contributed by atoms with van der Waals surface area (Å²) in [4.78, 5) is 0. The summed E-state index contributed by atoms with van der Waals surface area (Å²) >= 11 is 0. The van der Waals surface area contributed by atoms with Gasteiger partial charge in [0.25, 0.3) is 0 Å². The standard InChI is InChI=1S/C13H25N3/c1-5-16-13(7-9-15-16)12(4)6-8-14-10-11(2)3/h7,9,11-12,14H,5-6,8,10H2,1-4H3. The molecule has 0 aromatic carbocycles. The number of aryl methyl sites for hydroxylation is 1. The quantitative estimate of drug-likeness (QED) is 0.720. The zero-order valence-electron chi connectivity index (χ0n) is 11.0. The molecule has 0 bridgehead atoms.